The largest absolute Gasteiger partial charge is 0.381 e. The molecule has 0 unspecified atom stereocenters. The van der Waals surface area contributed by atoms with Crippen molar-refractivity contribution in [2.45, 2.75) is 5.03 Å². The number of rotatable bonds is 3. The zero-order chi connectivity index (χ0) is 13.5. The molecule has 19 heavy (non-hydrogen) atoms. The van der Waals surface area contributed by atoms with E-state index in [4.69, 9.17) is 5.73 Å². The predicted octanol–water partition coefficient (Wildman–Crippen LogP) is 0.705. The molecular weight excluding hydrogens is 270 g/mol. The maximum absolute atomic E-state index is 12.3. The Morgan fingerprint density at radius 3 is 2.95 bits per heavy atom. The number of hydrogen-bond donors (Lipinski definition) is 2. The van der Waals surface area contributed by atoms with E-state index in [0.717, 1.165) is 0 Å². The Kier molecular flexibility index (Phi) is 2.42. The predicted molar refractivity (Wildman–Crippen MR) is 66.9 cm³/mol. The first kappa shape index (κ1) is 11.5. The van der Waals surface area contributed by atoms with Crippen molar-refractivity contribution in [2.24, 2.45) is 0 Å². The fourth-order valence-corrected chi connectivity index (χ4v) is 2.96. The van der Waals surface area contributed by atoms with Crippen molar-refractivity contribution in [2.75, 3.05) is 10.5 Å². The summed E-state index contributed by atoms with van der Waals surface area (Å²) in [6.45, 7) is 0. The first-order chi connectivity index (χ1) is 9.08. The molecule has 0 spiro atoms. The highest BCUT2D eigenvalue weighted by Crippen LogP contribution is 2.22. The minimum Gasteiger partial charge on any atom is -0.381 e. The van der Waals surface area contributed by atoms with Crippen LogP contribution in [0.3, 0.4) is 0 Å². The van der Waals surface area contributed by atoms with E-state index in [1.54, 1.807) is 24.4 Å². The lowest BCUT2D eigenvalue weighted by molar-refractivity contribution is 0.420. The maximum atomic E-state index is 12.3. The number of anilines is 2. The topological polar surface area (TPSA) is 116 Å². The molecule has 98 valence electrons. The van der Waals surface area contributed by atoms with Gasteiger partial charge in [-0.3, -0.25) is 9.12 Å². The lowest BCUT2D eigenvalue weighted by atomic mass is 10.5. The Bertz CT molecular complexity index is 822. The van der Waals surface area contributed by atoms with Gasteiger partial charge in [0.2, 0.25) is 5.03 Å². The zero-order valence-corrected chi connectivity index (χ0v) is 10.3. The van der Waals surface area contributed by atoms with Crippen molar-refractivity contribution in [1.82, 2.24) is 14.5 Å². The second-order valence-corrected chi connectivity index (χ2v) is 5.35. The van der Waals surface area contributed by atoms with E-state index >= 15 is 0 Å². The molecule has 0 saturated carbocycles. The molecule has 0 aliphatic heterocycles. The van der Waals surface area contributed by atoms with Gasteiger partial charge in [0, 0.05) is 6.20 Å². The summed E-state index contributed by atoms with van der Waals surface area (Å²) in [4.78, 5) is 3.99. The Morgan fingerprint density at radius 1 is 1.37 bits per heavy atom. The normalized spacial score (nSPS) is 11.8. The van der Waals surface area contributed by atoms with E-state index in [9.17, 15) is 8.42 Å². The molecule has 0 aliphatic rings. The van der Waals surface area contributed by atoms with Crippen molar-refractivity contribution in [3.63, 3.8) is 0 Å². The smallest absolute Gasteiger partial charge is 0.281 e. The zero-order valence-electron chi connectivity index (χ0n) is 9.52. The molecule has 3 N–H and O–H groups in total. The van der Waals surface area contributed by atoms with Gasteiger partial charge in [0.15, 0.2) is 5.82 Å². The van der Waals surface area contributed by atoms with E-state index in [2.05, 4.69) is 19.4 Å². The molecule has 3 aromatic rings. The van der Waals surface area contributed by atoms with Gasteiger partial charge in [0.25, 0.3) is 10.0 Å². The number of hydrogen-bond acceptors (Lipinski definition) is 6. The minimum absolute atomic E-state index is 0.0739. The lowest BCUT2D eigenvalue weighted by Crippen LogP contribution is -2.16. The van der Waals surface area contributed by atoms with Crippen molar-refractivity contribution in [1.29, 1.82) is 0 Å². The molecule has 3 heterocycles. The number of imidazole rings is 1. The second-order valence-electron chi connectivity index (χ2n) is 3.75. The van der Waals surface area contributed by atoms with Crippen LogP contribution in [0.25, 0.3) is 5.65 Å². The van der Waals surface area contributed by atoms with Crippen LogP contribution in [0.2, 0.25) is 0 Å². The van der Waals surface area contributed by atoms with Gasteiger partial charge in [0.1, 0.15) is 17.6 Å². The number of sulfonamides is 1. The number of nitrogen functional groups attached to an aromatic ring is 1. The highest BCUT2D eigenvalue weighted by molar-refractivity contribution is 7.92. The third-order valence-electron chi connectivity index (χ3n) is 2.45. The number of aromatic nitrogens is 3. The summed E-state index contributed by atoms with van der Waals surface area (Å²) in [5.74, 6) is -0.0739. The summed E-state index contributed by atoms with van der Waals surface area (Å²) in [6, 6.07) is 5.09. The van der Waals surface area contributed by atoms with Crippen molar-refractivity contribution in [3.8, 4) is 0 Å². The Hall–Kier alpha value is -2.55. The molecule has 0 atom stereocenters. The van der Waals surface area contributed by atoms with Crippen LogP contribution in [0.15, 0.2) is 46.4 Å². The third kappa shape index (κ3) is 1.89. The number of fused-ring (bicyclic) bond motifs is 1. The summed E-state index contributed by atoms with van der Waals surface area (Å²) >= 11 is 0. The van der Waals surface area contributed by atoms with Gasteiger partial charge < -0.3 is 10.3 Å². The van der Waals surface area contributed by atoms with Crippen LogP contribution in [0.5, 0.6) is 0 Å². The van der Waals surface area contributed by atoms with Crippen LogP contribution in [0.1, 0.15) is 0 Å². The molecule has 0 bridgehead atoms. The Labute approximate surface area is 107 Å². The first-order valence-electron chi connectivity index (χ1n) is 5.23. The van der Waals surface area contributed by atoms with E-state index < -0.39 is 10.0 Å². The van der Waals surface area contributed by atoms with E-state index in [0.29, 0.717) is 5.65 Å². The summed E-state index contributed by atoms with van der Waals surface area (Å²) in [5.41, 5.74) is 6.34. The van der Waals surface area contributed by atoms with Crippen molar-refractivity contribution >= 4 is 27.2 Å². The molecule has 8 nitrogen and oxygen atoms in total. The van der Waals surface area contributed by atoms with Crippen LogP contribution in [-0.4, -0.2) is 23.0 Å². The number of nitrogens with one attached hydrogen (secondary N) is 1. The van der Waals surface area contributed by atoms with Gasteiger partial charge in [-0.15, -0.1) is 0 Å². The van der Waals surface area contributed by atoms with E-state index in [1.807, 2.05) is 0 Å². The fourth-order valence-electron chi connectivity index (χ4n) is 1.72. The number of nitrogens with two attached hydrogens (primary N) is 1. The van der Waals surface area contributed by atoms with Gasteiger partial charge in [0.05, 0.1) is 6.20 Å². The molecule has 3 rings (SSSR count). The minimum atomic E-state index is -3.87. The standard InChI is InChI=1S/C10H9N5O3S/c11-9-10(15-4-2-1-3-8(15)13-9)19(16,17)14-7-5-12-18-6-7/h1-6,14H,11H2. The monoisotopic (exact) mass is 279 g/mol. The summed E-state index contributed by atoms with van der Waals surface area (Å²) < 4.78 is 32.8. The van der Waals surface area contributed by atoms with Crippen LogP contribution in [0.4, 0.5) is 11.5 Å². The van der Waals surface area contributed by atoms with Gasteiger partial charge in [-0.1, -0.05) is 11.2 Å². The van der Waals surface area contributed by atoms with Crippen LogP contribution in [-0.2, 0) is 10.0 Å². The van der Waals surface area contributed by atoms with Crippen molar-refractivity contribution in [3.05, 3.63) is 36.9 Å². The summed E-state index contributed by atoms with van der Waals surface area (Å²) in [5, 5.41) is 3.30. The molecule has 0 radical (unpaired) electrons. The average molecular weight is 279 g/mol. The quantitative estimate of drug-likeness (QED) is 0.729. The molecule has 0 aliphatic carbocycles. The van der Waals surface area contributed by atoms with Gasteiger partial charge >= 0.3 is 0 Å². The highest BCUT2D eigenvalue weighted by atomic mass is 32.2. The average Bonchev–Trinajstić information content (AvgIpc) is 2.94. The molecule has 9 heteroatoms. The van der Waals surface area contributed by atoms with Gasteiger partial charge in [-0.2, -0.15) is 8.42 Å². The maximum Gasteiger partial charge on any atom is 0.281 e. The number of pyridine rings is 1. The van der Waals surface area contributed by atoms with E-state index in [1.165, 1.54) is 16.9 Å². The molecular formula is C10H9N5O3S. The first-order valence-corrected chi connectivity index (χ1v) is 6.71. The summed E-state index contributed by atoms with van der Waals surface area (Å²) in [6.07, 6.45) is 3.99. The summed E-state index contributed by atoms with van der Waals surface area (Å²) in [7, 11) is -3.87. The molecule has 0 fully saturated rings. The fraction of sp³-hybridized carbons (Fsp3) is 0. The number of nitrogens with zero attached hydrogens (tertiary/aromatic N) is 3. The SMILES string of the molecule is Nc1nc2ccccn2c1S(=O)(=O)Nc1cnoc1. The van der Waals surface area contributed by atoms with Crippen LogP contribution in [0, 0.1) is 0 Å². The molecule has 0 amide bonds. The lowest BCUT2D eigenvalue weighted by Gasteiger charge is -2.05. The Balaban J connectivity index is 2.15. The second kappa shape index (κ2) is 3.99. The van der Waals surface area contributed by atoms with Crippen molar-refractivity contribution < 1.29 is 12.9 Å². The molecule has 0 aromatic carbocycles. The Morgan fingerprint density at radius 2 is 2.21 bits per heavy atom. The van der Waals surface area contributed by atoms with Crippen LogP contribution < -0.4 is 10.5 Å². The third-order valence-corrected chi connectivity index (χ3v) is 3.87. The van der Waals surface area contributed by atoms with Gasteiger partial charge in [-0.05, 0) is 12.1 Å². The highest BCUT2D eigenvalue weighted by Gasteiger charge is 2.24. The van der Waals surface area contributed by atoms with Crippen LogP contribution >= 0.6 is 0 Å². The molecule has 3 aromatic heterocycles. The van der Waals surface area contributed by atoms with E-state index in [-0.39, 0.29) is 16.5 Å². The van der Waals surface area contributed by atoms with Gasteiger partial charge in [-0.25, -0.2) is 4.98 Å². The molecule has 0 saturated heterocycles.